The van der Waals surface area contributed by atoms with Gasteiger partial charge in [-0.05, 0) is 43.7 Å². The Labute approximate surface area is 120 Å². The van der Waals surface area contributed by atoms with Crippen LogP contribution in [-0.4, -0.2) is 29.8 Å². The van der Waals surface area contributed by atoms with E-state index in [1.54, 1.807) is 18.2 Å². The van der Waals surface area contributed by atoms with Gasteiger partial charge in [0.15, 0.2) is 5.78 Å². The molecule has 0 spiro atoms. The average molecular weight is 275 g/mol. The second kappa shape index (κ2) is 5.65. The summed E-state index contributed by atoms with van der Waals surface area (Å²) in [4.78, 5) is 14.8. The van der Waals surface area contributed by atoms with E-state index in [0.29, 0.717) is 6.04 Å². The molecule has 0 aliphatic heterocycles. The van der Waals surface area contributed by atoms with Crippen molar-refractivity contribution in [1.29, 1.82) is 0 Å². The summed E-state index contributed by atoms with van der Waals surface area (Å²) in [6.07, 6.45) is 5.18. The first-order valence-corrected chi connectivity index (χ1v) is 7.68. The maximum atomic E-state index is 13.7. The number of carbonyl (C=O) groups is 1. The van der Waals surface area contributed by atoms with Gasteiger partial charge in [0.05, 0.1) is 5.56 Å². The highest BCUT2D eigenvalue weighted by Crippen LogP contribution is 2.35. The molecule has 108 valence electrons. The Morgan fingerprint density at radius 2 is 2.00 bits per heavy atom. The molecule has 0 aromatic heterocycles. The third-order valence-electron chi connectivity index (χ3n) is 4.35. The fourth-order valence-electron chi connectivity index (χ4n) is 2.81. The van der Waals surface area contributed by atoms with Crippen molar-refractivity contribution in [3.05, 3.63) is 35.6 Å². The smallest absolute Gasteiger partial charge is 0.169 e. The monoisotopic (exact) mass is 275 g/mol. The minimum Gasteiger partial charge on any atom is -0.299 e. The molecule has 2 aliphatic carbocycles. The van der Waals surface area contributed by atoms with Gasteiger partial charge >= 0.3 is 0 Å². The first-order chi connectivity index (χ1) is 9.65. The second-order valence-corrected chi connectivity index (χ2v) is 6.37. The third kappa shape index (κ3) is 3.26. The molecule has 1 aromatic rings. The predicted octanol–water partition coefficient (Wildman–Crippen LogP) is 3.52. The first-order valence-electron chi connectivity index (χ1n) is 7.68. The number of Topliss-reactive ketones (excluding diaryl/α,β-unsaturated/α-hetero) is 1. The summed E-state index contributed by atoms with van der Waals surface area (Å²) >= 11 is 0. The lowest BCUT2D eigenvalue weighted by Crippen LogP contribution is -2.35. The normalized spacial score (nSPS) is 20.1. The van der Waals surface area contributed by atoms with E-state index in [4.69, 9.17) is 0 Å². The van der Waals surface area contributed by atoms with Gasteiger partial charge in [-0.15, -0.1) is 0 Å². The van der Waals surface area contributed by atoms with Gasteiger partial charge in [0.2, 0.25) is 0 Å². The maximum Gasteiger partial charge on any atom is 0.169 e. The molecule has 0 radical (unpaired) electrons. The summed E-state index contributed by atoms with van der Waals surface area (Å²) in [6.45, 7) is 3.82. The number of benzene rings is 1. The summed E-state index contributed by atoms with van der Waals surface area (Å²) in [5, 5.41) is 0. The van der Waals surface area contributed by atoms with Crippen molar-refractivity contribution in [2.45, 2.75) is 38.6 Å². The highest BCUT2D eigenvalue weighted by molar-refractivity contribution is 5.98. The van der Waals surface area contributed by atoms with E-state index < -0.39 is 5.82 Å². The van der Waals surface area contributed by atoms with E-state index in [1.165, 1.54) is 31.7 Å². The number of rotatable bonds is 7. The largest absolute Gasteiger partial charge is 0.299 e. The molecule has 2 saturated carbocycles. The Hall–Kier alpha value is -1.22. The van der Waals surface area contributed by atoms with Gasteiger partial charge < -0.3 is 0 Å². The summed E-state index contributed by atoms with van der Waals surface area (Å²) in [7, 11) is 0. The van der Waals surface area contributed by atoms with Gasteiger partial charge in [-0.25, -0.2) is 4.39 Å². The maximum absolute atomic E-state index is 13.7. The lowest BCUT2D eigenvalue weighted by atomic mass is 9.98. The Balaban J connectivity index is 1.63. The van der Waals surface area contributed by atoms with Crippen molar-refractivity contribution in [1.82, 2.24) is 4.90 Å². The highest BCUT2D eigenvalue weighted by atomic mass is 19.1. The topological polar surface area (TPSA) is 20.3 Å². The van der Waals surface area contributed by atoms with Gasteiger partial charge in [0, 0.05) is 25.0 Å². The molecule has 0 saturated heterocycles. The fourth-order valence-corrected chi connectivity index (χ4v) is 2.81. The van der Waals surface area contributed by atoms with Gasteiger partial charge in [-0.2, -0.15) is 0 Å². The highest BCUT2D eigenvalue weighted by Gasteiger charge is 2.35. The van der Waals surface area contributed by atoms with Crippen molar-refractivity contribution in [3.63, 3.8) is 0 Å². The molecule has 1 aromatic carbocycles. The number of halogens is 1. The molecule has 0 amide bonds. The Bertz CT molecular complexity index is 494. The van der Waals surface area contributed by atoms with Crippen LogP contribution >= 0.6 is 0 Å². The summed E-state index contributed by atoms with van der Waals surface area (Å²) in [5.74, 6) is 0.242. The van der Waals surface area contributed by atoms with Crippen molar-refractivity contribution in [2.24, 2.45) is 11.8 Å². The van der Waals surface area contributed by atoms with Crippen LogP contribution < -0.4 is 0 Å². The van der Waals surface area contributed by atoms with E-state index in [1.807, 2.05) is 6.92 Å². The zero-order valence-electron chi connectivity index (χ0n) is 12.0. The van der Waals surface area contributed by atoms with Crippen LogP contribution in [0.4, 0.5) is 4.39 Å². The molecule has 0 bridgehead atoms. The molecule has 3 heteroatoms. The van der Waals surface area contributed by atoms with Crippen LogP contribution in [-0.2, 0) is 0 Å². The van der Waals surface area contributed by atoms with Gasteiger partial charge in [0.25, 0.3) is 0 Å². The lowest BCUT2D eigenvalue weighted by molar-refractivity contribution is 0.0883. The van der Waals surface area contributed by atoms with Crippen LogP contribution in [0, 0.1) is 17.7 Å². The van der Waals surface area contributed by atoms with E-state index in [9.17, 15) is 9.18 Å². The molecule has 2 aliphatic rings. The Morgan fingerprint density at radius 3 is 2.60 bits per heavy atom. The van der Waals surface area contributed by atoms with Crippen LogP contribution in [0.3, 0.4) is 0 Å². The van der Waals surface area contributed by atoms with E-state index in [-0.39, 0.29) is 17.3 Å². The predicted molar refractivity (Wildman–Crippen MR) is 77.2 cm³/mol. The number of nitrogens with zero attached hydrogens (tertiary/aromatic N) is 1. The lowest BCUT2D eigenvalue weighted by Gasteiger charge is -2.25. The standard InChI is InChI=1S/C17H22FNO/c1-12(17(20)15-4-2-3-5-16(15)18)10-19(14-8-9-14)11-13-6-7-13/h2-5,12-14H,6-11H2,1H3. The van der Waals surface area contributed by atoms with Crippen molar-refractivity contribution >= 4 is 5.78 Å². The van der Waals surface area contributed by atoms with Crippen molar-refractivity contribution in [2.75, 3.05) is 13.1 Å². The number of hydrogen-bond acceptors (Lipinski definition) is 2. The number of carbonyl (C=O) groups excluding carboxylic acids is 1. The van der Waals surface area contributed by atoms with Crippen LogP contribution in [0.25, 0.3) is 0 Å². The number of ketones is 1. The molecule has 1 unspecified atom stereocenters. The summed E-state index contributed by atoms with van der Waals surface area (Å²) in [5.41, 5.74) is 0.238. The van der Waals surface area contributed by atoms with E-state index in [0.717, 1.165) is 19.0 Å². The molecule has 0 N–H and O–H groups in total. The summed E-state index contributed by atoms with van der Waals surface area (Å²) in [6, 6.07) is 6.98. The third-order valence-corrected chi connectivity index (χ3v) is 4.35. The van der Waals surface area contributed by atoms with Crippen LogP contribution in [0.5, 0.6) is 0 Å². The number of hydrogen-bond donors (Lipinski definition) is 0. The molecule has 20 heavy (non-hydrogen) atoms. The minimum absolute atomic E-state index is 0.0652. The van der Waals surface area contributed by atoms with Gasteiger partial charge in [0.1, 0.15) is 5.82 Å². The van der Waals surface area contributed by atoms with Crippen LogP contribution in [0.1, 0.15) is 43.0 Å². The molecule has 2 fully saturated rings. The Kier molecular flexibility index (Phi) is 3.88. The van der Waals surface area contributed by atoms with Gasteiger partial charge in [-0.1, -0.05) is 19.1 Å². The SMILES string of the molecule is CC(CN(CC1CC1)C1CC1)C(=O)c1ccccc1F. The molecule has 3 rings (SSSR count). The average Bonchev–Trinajstić information content (AvgIpc) is 3.30. The van der Waals surface area contributed by atoms with E-state index >= 15 is 0 Å². The van der Waals surface area contributed by atoms with E-state index in [2.05, 4.69) is 4.90 Å². The zero-order chi connectivity index (χ0) is 14.1. The molecule has 0 heterocycles. The quantitative estimate of drug-likeness (QED) is 0.710. The van der Waals surface area contributed by atoms with Crippen molar-refractivity contribution in [3.8, 4) is 0 Å². The Morgan fingerprint density at radius 1 is 1.30 bits per heavy atom. The first kappa shape index (κ1) is 13.7. The second-order valence-electron chi connectivity index (χ2n) is 6.37. The van der Waals surface area contributed by atoms with Crippen molar-refractivity contribution < 1.29 is 9.18 Å². The fraction of sp³-hybridized carbons (Fsp3) is 0.588. The summed E-state index contributed by atoms with van der Waals surface area (Å²) < 4.78 is 13.7. The van der Waals surface area contributed by atoms with Crippen LogP contribution in [0.2, 0.25) is 0 Å². The zero-order valence-corrected chi connectivity index (χ0v) is 12.0. The molecular weight excluding hydrogens is 253 g/mol. The van der Waals surface area contributed by atoms with Gasteiger partial charge in [-0.3, -0.25) is 9.69 Å². The molecule has 1 atom stereocenters. The molecular formula is C17H22FNO. The minimum atomic E-state index is -0.399. The van der Waals surface area contributed by atoms with Crippen LogP contribution in [0.15, 0.2) is 24.3 Å². The molecule has 2 nitrogen and oxygen atoms in total.